The van der Waals surface area contributed by atoms with Gasteiger partial charge in [0.25, 0.3) is 17.2 Å². The Kier molecular flexibility index (Phi) is 15.2. The maximum absolute atomic E-state index is 16.1. The van der Waals surface area contributed by atoms with Crippen molar-refractivity contribution >= 4 is 51.5 Å². The van der Waals surface area contributed by atoms with Gasteiger partial charge in [0.05, 0.1) is 76.4 Å². The van der Waals surface area contributed by atoms with E-state index in [1.165, 1.54) is 63.8 Å². The number of aliphatic hydroxyl groups excluding tert-OH is 2. The molecule has 4 aliphatic heterocycles. The molecule has 1 saturated carbocycles. The summed E-state index contributed by atoms with van der Waals surface area (Å²) in [5.41, 5.74) is 5.33. The molecule has 2 aromatic carbocycles. The van der Waals surface area contributed by atoms with E-state index in [-0.39, 0.29) is 56.1 Å². The summed E-state index contributed by atoms with van der Waals surface area (Å²) in [7, 11) is 1.42. The summed E-state index contributed by atoms with van der Waals surface area (Å²) >= 11 is 0. The first-order valence-corrected chi connectivity index (χ1v) is 25.4. The van der Waals surface area contributed by atoms with Crippen molar-refractivity contribution in [3.05, 3.63) is 98.0 Å². The zero-order valence-electron chi connectivity index (χ0n) is 44.1. The zero-order chi connectivity index (χ0) is 54.7. The summed E-state index contributed by atoms with van der Waals surface area (Å²) < 4.78 is 41.3. The molecule has 6 heterocycles. The molecule has 1 aliphatic carbocycles. The van der Waals surface area contributed by atoms with Gasteiger partial charge >= 0.3 is 11.8 Å². The number of nitrogens with zero attached hydrogens (tertiary/aromatic N) is 3. The largest absolute Gasteiger partial charge is 0.507 e. The number of allylic oxidation sites excluding steroid dienone is 2. The number of fused-ring (bicyclic) bond motifs is 15. The number of halogens is 1. The molecule has 4 aromatic rings. The molecule has 0 spiro atoms. The van der Waals surface area contributed by atoms with Crippen molar-refractivity contribution < 1.29 is 63.3 Å². The molecule has 10 atom stereocenters. The fourth-order valence-electron chi connectivity index (χ4n) is 11.0. The molecule has 1 unspecified atom stereocenters. The number of carbonyl (C=O) groups is 3. The fraction of sp³-hybridized carbons (Fsp3) is 0.482. The number of ketones is 1. The van der Waals surface area contributed by atoms with Gasteiger partial charge in [0.1, 0.15) is 23.4 Å². The van der Waals surface area contributed by atoms with Gasteiger partial charge in [-0.15, -0.1) is 0 Å². The number of phenolic OH excluding ortho intramolecular Hbond substituents is 3. The summed E-state index contributed by atoms with van der Waals surface area (Å²) in [5.74, 6) is -9.29. The molecule has 18 nitrogen and oxygen atoms in total. The molecule has 75 heavy (non-hydrogen) atoms. The summed E-state index contributed by atoms with van der Waals surface area (Å²) in [6.45, 7) is 16.6. The third-order valence-electron chi connectivity index (χ3n) is 15.6. The molecule has 7 N–H and O–H groups in total. The molecular formula is C56H68FN5O13. The first-order chi connectivity index (χ1) is 35.4. The Bertz CT molecular complexity index is 3160. The van der Waals surface area contributed by atoms with Gasteiger partial charge in [-0.1, -0.05) is 45.9 Å². The van der Waals surface area contributed by atoms with Crippen molar-refractivity contribution in [2.24, 2.45) is 28.8 Å². The Morgan fingerprint density at radius 1 is 0.947 bits per heavy atom. The Balaban J connectivity index is 1.19. The highest BCUT2D eigenvalue weighted by Gasteiger charge is 2.50. The van der Waals surface area contributed by atoms with Crippen LogP contribution < -0.4 is 25.9 Å². The van der Waals surface area contributed by atoms with Gasteiger partial charge in [-0.3, -0.25) is 23.6 Å². The van der Waals surface area contributed by atoms with E-state index in [0.717, 1.165) is 24.6 Å². The number of carbonyl (C=O) groups excluding carboxylic acids is 3. The van der Waals surface area contributed by atoms with E-state index in [1.807, 2.05) is 17.9 Å². The van der Waals surface area contributed by atoms with Gasteiger partial charge in [0, 0.05) is 79.8 Å². The molecular weight excluding hydrogens is 970 g/mol. The standard InChI is InChI=1S/C56H68FN5O13/c1-25-13-12-14-26(2)54(70)59-43-37(22-58-60-35-17-19-61(23-35)45-29(5)44-36(34-15-16-34)21-27(3)55(71)62(44)24-38(45)57)49(67)40-41(50(43)68)48(66)32(8)52-42(40)53(69)56(10,75-52)73-20-18-39(72-11)28(4)51(74-33(9)63)31(7)47(65)30(6)46(25)64/h12-14,18,20-22,24-25,28,30-31,34-35,39,46-47,51,60,64-68H,15-17,19,23H2,1-11H3,(H,59,70)/b13-12+,20-18+,26-14-,58-22-/t25-,28+,30+,31+,35?,39-,46-,47+,51+,56-/m0/s1. The number of methoxy groups -OCH3 is 1. The third kappa shape index (κ3) is 9.92. The van der Waals surface area contributed by atoms with Crippen LogP contribution in [0.3, 0.4) is 0 Å². The molecule has 2 aromatic heterocycles. The maximum atomic E-state index is 16.1. The SMILES string of the molecule is CO[C@H]1/C=C/O[C@@]2(C)Oc3c(C)c(O)c4c(O)c(c(/C=N\NC5CCN(c6c(F)cn7c(=O)c(C)cc(C8CC8)c7c6C)C5)c(O)c4c3C2=O)NC(=O)/C(C)=C\C=C\[C@H](C)[C@H](O)[C@@H](C)[C@@H](O)[C@@H](C)[C@H](OC(C)=O)[C@@H]1C. The van der Waals surface area contributed by atoms with Crippen molar-refractivity contribution in [3.63, 3.8) is 0 Å². The second-order valence-corrected chi connectivity index (χ2v) is 21.0. The quantitative estimate of drug-likeness (QED) is 0.0318. The van der Waals surface area contributed by atoms with Crippen molar-refractivity contribution in [1.82, 2.24) is 9.83 Å². The summed E-state index contributed by atoms with van der Waals surface area (Å²) in [6.07, 6.45) is 8.17. The number of nitrogens with one attached hydrogen (secondary N) is 2. The molecule has 2 fully saturated rings. The van der Waals surface area contributed by atoms with Crippen molar-refractivity contribution in [2.45, 2.75) is 131 Å². The van der Waals surface area contributed by atoms with Crippen LogP contribution in [0.4, 0.5) is 15.8 Å². The van der Waals surface area contributed by atoms with Crippen LogP contribution in [0, 0.1) is 50.3 Å². The van der Waals surface area contributed by atoms with Gasteiger partial charge in [0.2, 0.25) is 0 Å². The highest BCUT2D eigenvalue weighted by atomic mass is 19.1. The maximum Gasteiger partial charge on any atom is 0.312 e. The Hall–Kier alpha value is -6.96. The molecule has 402 valence electrons. The van der Waals surface area contributed by atoms with Gasteiger partial charge in [0.15, 0.2) is 11.6 Å². The number of pyridine rings is 2. The van der Waals surface area contributed by atoms with Gasteiger partial charge in [-0.25, -0.2) is 4.39 Å². The first-order valence-electron chi connectivity index (χ1n) is 25.4. The van der Waals surface area contributed by atoms with E-state index in [2.05, 4.69) is 15.8 Å². The van der Waals surface area contributed by atoms with Crippen molar-refractivity contribution in [3.8, 4) is 23.0 Å². The number of aromatic hydroxyl groups is 3. The Labute approximate surface area is 434 Å². The fourth-order valence-corrected chi connectivity index (χ4v) is 11.0. The second-order valence-electron chi connectivity index (χ2n) is 21.0. The van der Waals surface area contributed by atoms with E-state index >= 15 is 4.39 Å². The zero-order valence-corrected chi connectivity index (χ0v) is 44.1. The Morgan fingerprint density at radius 3 is 2.32 bits per heavy atom. The number of hydrogen-bond acceptors (Lipinski definition) is 16. The lowest BCUT2D eigenvalue weighted by Gasteiger charge is -2.38. The van der Waals surface area contributed by atoms with Crippen LogP contribution in [0.2, 0.25) is 0 Å². The van der Waals surface area contributed by atoms with Crippen LogP contribution in [0.1, 0.15) is 112 Å². The van der Waals surface area contributed by atoms with Gasteiger partial charge in [-0.2, -0.15) is 5.10 Å². The topological polar surface area (TPSA) is 250 Å². The number of aliphatic hydroxyl groups is 2. The number of Topliss-reactive ketones (excluding diaryl/α,β-unsaturated/α-hetero) is 1. The van der Waals surface area contributed by atoms with E-state index in [4.69, 9.17) is 18.9 Å². The molecule has 1 amide bonds. The predicted octanol–water partition coefficient (Wildman–Crippen LogP) is 7.20. The van der Waals surface area contributed by atoms with Crippen LogP contribution in [0.15, 0.2) is 58.3 Å². The highest BCUT2D eigenvalue weighted by Crippen LogP contribution is 2.55. The van der Waals surface area contributed by atoms with Gasteiger partial charge in [-0.05, 0) is 76.1 Å². The predicted molar refractivity (Wildman–Crippen MR) is 280 cm³/mol. The lowest BCUT2D eigenvalue weighted by molar-refractivity contribution is -0.160. The van der Waals surface area contributed by atoms with Gasteiger partial charge < -0.3 is 60.1 Å². The van der Waals surface area contributed by atoms with Crippen molar-refractivity contribution in [1.29, 1.82) is 0 Å². The summed E-state index contributed by atoms with van der Waals surface area (Å²) in [6, 6.07) is 1.54. The molecule has 0 radical (unpaired) electrons. The molecule has 5 bridgehead atoms. The minimum Gasteiger partial charge on any atom is -0.507 e. The second kappa shape index (κ2) is 21.0. The van der Waals surface area contributed by atoms with E-state index < -0.39 is 94.6 Å². The van der Waals surface area contributed by atoms with Crippen LogP contribution >= 0.6 is 0 Å². The first kappa shape index (κ1) is 54.3. The Morgan fingerprint density at radius 2 is 1.65 bits per heavy atom. The highest BCUT2D eigenvalue weighted by molar-refractivity contribution is 6.24. The number of aryl methyl sites for hydroxylation is 2. The van der Waals surface area contributed by atoms with E-state index in [1.54, 1.807) is 46.8 Å². The number of hydrogen-bond donors (Lipinski definition) is 7. The normalized spacial score (nSPS) is 29.3. The average Bonchev–Trinajstić information content (AvgIpc) is 4.06. The summed E-state index contributed by atoms with van der Waals surface area (Å²) in [4.78, 5) is 56.2. The number of aromatic nitrogens is 1. The third-order valence-corrected chi connectivity index (χ3v) is 15.6. The monoisotopic (exact) mass is 1040 g/mol. The smallest absolute Gasteiger partial charge is 0.312 e. The number of anilines is 2. The number of amides is 1. The minimum absolute atomic E-state index is 0.00413. The molecule has 19 heteroatoms. The molecule has 9 rings (SSSR count). The lowest BCUT2D eigenvalue weighted by Crippen LogP contribution is -2.46. The number of esters is 1. The van der Waals surface area contributed by atoms with Crippen molar-refractivity contribution in [2.75, 3.05) is 30.4 Å². The van der Waals surface area contributed by atoms with Crippen LogP contribution in [0.5, 0.6) is 23.0 Å². The van der Waals surface area contributed by atoms with Crippen LogP contribution in [0.25, 0.3) is 16.3 Å². The number of phenols is 3. The summed E-state index contributed by atoms with van der Waals surface area (Å²) in [5, 5.41) is 65.8. The number of hydrazone groups is 1. The lowest BCUT2D eigenvalue weighted by atomic mass is 9.78. The molecule has 5 aliphatic rings. The average molecular weight is 1040 g/mol. The molecule has 1 saturated heterocycles. The van der Waals surface area contributed by atoms with E-state index in [9.17, 15) is 44.7 Å². The van der Waals surface area contributed by atoms with Crippen LogP contribution in [-0.2, 0) is 23.8 Å². The van der Waals surface area contributed by atoms with E-state index in [0.29, 0.717) is 47.8 Å². The number of rotatable bonds is 7. The minimum atomic E-state index is -2.12. The van der Waals surface area contributed by atoms with Crippen LogP contribution in [-0.4, -0.2) is 110 Å². The number of ether oxygens (including phenoxy) is 4. The number of benzene rings is 2.